The molecule has 0 amide bonds. The highest BCUT2D eigenvalue weighted by Gasteiger charge is 2.63. The molecule has 24 heavy (non-hydrogen) atoms. The van der Waals surface area contributed by atoms with E-state index in [9.17, 15) is 8.78 Å². The Hall–Kier alpha value is -2.42. The molecule has 6 nitrogen and oxygen atoms in total. The van der Waals surface area contributed by atoms with Crippen molar-refractivity contribution in [1.82, 2.24) is 30.2 Å². The van der Waals surface area contributed by atoms with Crippen molar-refractivity contribution in [2.75, 3.05) is 0 Å². The zero-order valence-electron chi connectivity index (χ0n) is 12.4. The summed E-state index contributed by atoms with van der Waals surface area (Å²) in [4.78, 5) is 3.19. The molecule has 1 aromatic carbocycles. The number of halogens is 2. The van der Waals surface area contributed by atoms with Crippen LogP contribution in [0.2, 0.25) is 0 Å². The third-order valence-electron chi connectivity index (χ3n) is 5.14. The van der Waals surface area contributed by atoms with Gasteiger partial charge in [-0.25, -0.2) is 8.78 Å². The predicted octanol–water partition coefficient (Wildman–Crippen LogP) is 2.37. The molecule has 9 heteroatoms. The number of aromatic amines is 2. The van der Waals surface area contributed by atoms with Crippen molar-refractivity contribution in [3.63, 3.8) is 0 Å². The number of H-pyrrole nitrogens is 2. The van der Waals surface area contributed by atoms with Gasteiger partial charge in [-0.3, -0.25) is 0 Å². The third-order valence-corrected chi connectivity index (χ3v) is 5.46. The largest absolute Gasteiger partial charge is 0.334 e. The molecular formula is C15H12F2N6S. The summed E-state index contributed by atoms with van der Waals surface area (Å²) in [5, 5.41) is 13.9. The van der Waals surface area contributed by atoms with Gasteiger partial charge in [0.25, 0.3) is 0 Å². The average molecular weight is 346 g/mol. The highest BCUT2D eigenvalue weighted by molar-refractivity contribution is 7.71. The number of benzene rings is 1. The molecule has 2 aliphatic rings. The van der Waals surface area contributed by atoms with Gasteiger partial charge in [0.1, 0.15) is 11.6 Å². The maximum atomic E-state index is 14.3. The van der Waals surface area contributed by atoms with E-state index in [1.807, 2.05) is 4.57 Å². The number of tetrazole rings is 1. The molecule has 0 bridgehead atoms. The molecule has 2 aromatic heterocycles. The molecule has 2 unspecified atom stereocenters. The highest BCUT2D eigenvalue weighted by Crippen LogP contribution is 2.66. The lowest BCUT2D eigenvalue weighted by Gasteiger charge is -2.14. The molecular weight excluding hydrogens is 334 g/mol. The van der Waals surface area contributed by atoms with Gasteiger partial charge in [0.15, 0.2) is 10.6 Å². The zero-order valence-corrected chi connectivity index (χ0v) is 13.2. The van der Waals surface area contributed by atoms with Gasteiger partial charge in [-0.15, -0.1) is 10.2 Å². The lowest BCUT2D eigenvalue weighted by molar-refractivity contribution is 0.520. The Kier molecular flexibility index (Phi) is 2.66. The SMILES string of the molecule is Fc1ccc(F)c(C23CC2c2c(Cc4nn[nH]n4)[nH]c(=S)n2C3)c1. The first-order chi connectivity index (χ1) is 11.6. The summed E-state index contributed by atoms with van der Waals surface area (Å²) in [6.07, 6.45) is 1.26. The van der Waals surface area contributed by atoms with E-state index < -0.39 is 11.2 Å². The van der Waals surface area contributed by atoms with E-state index in [4.69, 9.17) is 12.2 Å². The lowest BCUT2D eigenvalue weighted by Crippen LogP contribution is -2.14. The van der Waals surface area contributed by atoms with Crippen LogP contribution in [0.5, 0.6) is 0 Å². The molecule has 1 fully saturated rings. The first kappa shape index (κ1) is 14.0. The minimum absolute atomic E-state index is 0.128. The van der Waals surface area contributed by atoms with Gasteiger partial charge in [-0.1, -0.05) is 5.21 Å². The van der Waals surface area contributed by atoms with Gasteiger partial charge in [0.2, 0.25) is 0 Å². The van der Waals surface area contributed by atoms with E-state index in [1.54, 1.807) is 0 Å². The van der Waals surface area contributed by atoms with Crippen LogP contribution in [-0.4, -0.2) is 30.2 Å². The summed E-state index contributed by atoms with van der Waals surface area (Å²) in [7, 11) is 0. The Labute approximate surface area is 139 Å². The van der Waals surface area contributed by atoms with Gasteiger partial charge in [0, 0.05) is 29.3 Å². The first-order valence-electron chi connectivity index (χ1n) is 7.58. The van der Waals surface area contributed by atoms with Gasteiger partial charge in [-0.05, 0) is 42.4 Å². The van der Waals surface area contributed by atoms with E-state index in [2.05, 4.69) is 25.6 Å². The van der Waals surface area contributed by atoms with Gasteiger partial charge < -0.3 is 9.55 Å². The number of rotatable bonds is 3. The second-order valence-corrected chi connectivity index (χ2v) is 6.81. The summed E-state index contributed by atoms with van der Waals surface area (Å²) < 4.78 is 30.5. The van der Waals surface area contributed by atoms with E-state index in [0.717, 1.165) is 23.9 Å². The Morgan fingerprint density at radius 3 is 3.04 bits per heavy atom. The monoisotopic (exact) mass is 346 g/mol. The van der Waals surface area contributed by atoms with Crippen LogP contribution in [-0.2, 0) is 18.4 Å². The average Bonchev–Trinajstić information content (AvgIpc) is 2.92. The Morgan fingerprint density at radius 1 is 1.38 bits per heavy atom. The minimum atomic E-state index is -0.416. The van der Waals surface area contributed by atoms with Crippen LogP contribution in [0, 0.1) is 16.4 Å². The van der Waals surface area contributed by atoms with E-state index in [-0.39, 0.29) is 11.7 Å². The number of fused-ring (bicyclic) bond motifs is 3. The minimum Gasteiger partial charge on any atom is -0.334 e. The second-order valence-electron chi connectivity index (χ2n) is 6.42. The number of aromatic nitrogens is 6. The predicted molar refractivity (Wildman–Crippen MR) is 82.0 cm³/mol. The Balaban J connectivity index is 1.57. The number of imidazole rings is 1. The molecule has 0 radical (unpaired) electrons. The van der Waals surface area contributed by atoms with E-state index in [0.29, 0.717) is 29.1 Å². The summed E-state index contributed by atoms with van der Waals surface area (Å²) in [5.41, 5.74) is 2.02. The molecule has 2 atom stereocenters. The summed E-state index contributed by atoms with van der Waals surface area (Å²) in [6, 6.07) is 3.66. The number of nitrogens with one attached hydrogen (secondary N) is 2. The number of hydrogen-bond donors (Lipinski definition) is 2. The van der Waals surface area contributed by atoms with Crippen molar-refractivity contribution in [2.45, 2.75) is 30.7 Å². The van der Waals surface area contributed by atoms with E-state index >= 15 is 0 Å². The summed E-state index contributed by atoms with van der Waals surface area (Å²) in [5.74, 6) is -0.0900. The first-order valence-corrected chi connectivity index (χ1v) is 7.99. The molecule has 2 N–H and O–H groups in total. The van der Waals surface area contributed by atoms with Crippen molar-refractivity contribution in [3.05, 3.63) is 57.4 Å². The van der Waals surface area contributed by atoms with Gasteiger partial charge in [0.05, 0.1) is 6.42 Å². The fraction of sp³-hybridized carbons (Fsp3) is 0.333. The molecule has 1 aliphatic heterocycles. The molecule has 0 saturated heterocycles. The zero-order chi connectivity index (χ0) is 16.5. The molecule has 1 aliphatic carbocycles. The Morgan fingerprint density at radius 2 is 2.25 bits per heavy atom. The van der Waals surface area contributed by atoms with Gasteiger partial charge in [-0.2, -0.15) is 5.21 Å². The Bertz CT molecular complexity index is 1010. The fourth-order valence-electron chi connectivity index (χ4n) is 4.02. The van der Waals surface area contributed by atoms with Crippen LogP contribution in [0.15, 0.2) is 18.2 Å². The molecule has 5 rings (SSSR count). The van der Waals surface area contributed by atoms with Crippen LogP contribution < -0.4 is 0 Å². The van der Waals surface area contributed by atoms with E-state index in [1.165, 1.54) is 12.1 Å². The fourth-order valence-corrected chi connectivity index (χ4v) is 4.31. The maximum absolute atomic E-state index is 14.3. The molecule has 1 saturated carbocycles. The quantitative estimate of drug-likeness (QED) is 0.714. The van der Waals surface area contributed by atoms with Crippen molar-refractivity contribution in [1.29, 1.82) is 0 Å². The van der Waals surface area contributed by atoms with Crippen molar-refractivity contribution >= 4 is 12.2 Å². The van der Waals surface area contributed by atoms with Crippen LogP contribution in [0.1, 0.15) is 35.1 Å². The van der Waals surface area contributed by atoms with Crippen LogP contribution in [0.25, 0.3) is 0 Å². The summed E-state index contributed by atoms with van der Waals surface area (Å²) >= 11 is 5.40. The number of hydrogen-bond acceptors (Lipinski definition) is 4. The van der Waals surface area contributed by atoms with Crippen molar-refractivity contribution in [2.24, 2.45) is 0 Å². The van der Waals surface area contributed by atoms with Crippen LogP contribution in [0.3, 0.4) is 0 Å². The topological polar surface area (TPSA) is 75.2 Å². The third kappa shape index (κ3) is 1.78. The molecule has 3 aromatic rings. The second kappa shape index (κ2) is 4.56. The standard InChI is InChI=1S/C15H12F2N6S/c16-7-1-2-10(17)8(3-7)15-5-9(15)13-11(4-12-19-21-22-20-12)18-14(24)23(13)6-15/h1-3,9H,4-6H2,(H,18,24)(H,19,20,21,22). The van der Waals surface area contributed by atoms with Crippen molar-refractivity contribution < 1.29 is 8.78 Å². The van der Waals surface area contributed by atoms with Crippen molar-refractivity contribution in [3.8, 4) is 0 Å². The normalized spacial score (nSPS) is 24.0. The molecule has 0 spiro atoms. The van der Waals surface area contributed by atoms with Crippen LogP contribution >= 0.6 is 12.2 Å². The summed E-state index contributed by atoms with van der Waals surface area (Å²) in [6.45, 7) is 0.564. The lowest BCUT2D eigenvalue weighted by atomic mass is 9.93. The smallest absolute Gasteiger partial charge is 0.180 e. The molecule has 122 valence electrons. The highest BCUT2D eigenvalue weighted by atomic mass is 32.1. The number of nitrogens with zero attached hydrogens (tertiary/aromatic N) is 4. The maximum Gasteiger partial charge on any atom is 0.180 e. The molecule has 3 heterocycles. The van der Waals surface area contributed by atoms with Crippen LogP contribution in [0.4, 0.5) is 8.78 Å². The van der Waals surface area contributed by atoms with Gasteiger partial charge >= 0.3 is 0 Å².